The number of likely N-dealkylation sites (N-methyl/N-ethyl adjacent to an activating group) is 1. The number of aliphatic hydroxyl groups excluding tert-OH is 1. The van der Waals surface area contributed by atoms with Crippen LogP contribution in [0.4, 0.5) is 11.4 Å². The highest BCUT2D eigenvalue weighted by atomic mass is 32.1. The number of benzene rings is 2. The fourth-order valence-corrected chi connectivity index (χ4v) is 5.97. The second kappa shape index (κ2) is 8.59. The molecule has 1 aliphatic heterocycles. The summed E-state index contributed by atoms with van der Waals surface area (Å²) in [4.78, 5) is 9.42. The van der Waals surface area contributed by atoms with Gasteiger partial charge in [-0.2, -0.15) is 0 Å². The average Bonchev–Trinajstić information content (AvgIpc) is 3.52. The van der Waals surface area contributed by atoms with E-state index in [-0.39, 0.29) is 0 Å². The van der Waals surface area contributed by atoms with E-state index < -0.39 is 6.23 Å². The van der Waals surface area contributed by atoms with Crippen LogP contribution in [-0.2, 0) is 0 Å². The zero-order chi connectivity index (χ0) is 21.4. The quantitative estimate of drug-likeness (QED) is 0.392. The van der Waals surface area contributed by atoms with Crippen LogP contribution in [0.2, 0.25) is 0 Å². The number of anilines is 2. The molecule has 1 aliphatic rings. The number of fused-ring (bicyclic) bond motifs is 1. The molecule has 0 spiro atoms. The summed E-state index contributed by atoms with van der Waals surface area (Å²) in [5, 5.41) is 20.1. The summed E-state index contributed by atoms with van der Waals surface area (Å²) in [7, 11) is 4.29. The van der Waals surface area contributed by atoms with Crippen LogP contribution in [0.15, 0.2) is 59.3 Å². The molecule has 2 unspecified atom stereocenters. The van der Waals surface area contributed by atoms with Gasteiger partial charge in [0.05, 0.1) is 0 Å². The Morgan fingerprint density at radius 2 is 1.90 bits per heavy atom. The normalized spacial score (nSPS) is 17.5. The molecule has 1 saturated heterocycles. The van der Waals surface area contributed by atoms with E-state index in [0.717, 1.165) is 29.3 Å². The number of nitrogens with zero attached hydrogens (tertiary/aromatic N) is 3. The van der Waals surface area contributed by atoms with Crippen LogP contribution in [-0.4, -0.2) is 48.2 Å². The number of hydrogen-bond donors (Lipinski definition) is 2. The molecule has 2 aromatic heterocycles. The highest BCUT2D eigenvalue weighted by Gasteiger charge is 2.24. The number of thiophene rings is 1. The molecule has 31 heavy (non-hydrogen) atoms. The molecule has 0 amide bonds. The molecule has 2 N–H and O–H groups in total. The van der Waals surface area contributed by atoms with Crippen molar-refractivity contribution in [3.8, 4) is 10.6 Å². The maximum absolute atomic E-state index is 10.7. The highest BCUT2D eigenvalue weighted by Crippen LogP contribution is 2.36. The molecule has 0 aliphatic carbocycles. The van der Waals surface area contributed by atoms with Gasteiger partial charge in [0.15, 0.2) is 6.23 Å². The first-order chi connectivity index (χ1) is 15.1. The fraction of sp³-hybridized carbons (Fsp3) is 0.292. The second-order valence-electron chi connectivity index (χ2n) is 8.17. The maximum Gasteiger partial charge on any atom is 0.168 e. The van der Waals surface area contributed by atoms with Gasteiger partial charge in [-0.05, 0) is 50.8 Å². The third-order valence-corrected chi connectivity index (χ3v) is 7.80. The lowest BCUT2D eigenvalue weighted by molar-refractivity contribution is 0.204. The monoisotopic (exact) mass is 450 g/mol. The third kappa shape index (κ3) is 4.19. The average molecular weight is 451 g/mol. The molecule has 1 fully saturated rings. The first-order valence-corrected chi connectivity index (χ1v) is 12.2. The number of thiazole rings is 1. The van der Waals surface area contributed by atoms with E-state index in [9.17, 15) is 5.11 Å². The van der Waals surface area contributed by atoms with Crippen molar-refractivity contribution >= 4 is 44.1 Å². The minimum Gasteiger partial charge on any atom is -0.370 e. The molecule has 160 valence electrons. The summed E-state index contributed by atoms with van der Waals surface area (Å²) >= 11 is 3.29. The van der Waals surface area contributed by atoms with Gasteiger partial charge in [-0.1, -0.05) is 18.2 Å². The summed E-state index contributed by atoms with van der Waals surface area (Å²) in [6.45, 7) is 2.14. The molecule has 0 bridgehead atoms. The smallest absolute Gasteiger partial charge is 0.168 e. The Hall–Kier alpha value is -2.45. The SMILES string of the molecule is CN(C)C1CCN(c2ccc(NC(O)c3csc(-c4csc5ccccc45)n3)cc2)C1. The zero-order valence-electron chi connectivity index (χ0n) is 17.7. The molecule has 7 heteroatoms. The van der Waals surface area contributed by atoms with Gasteiger partial charge in [0, 0.05) is 56.9 Å². The third-order valence-electron chi connectivity index (χ3n) is 5.94. The van der Waals surface area contributed by atoms with Crippen LogP contribution in [0, 0.1) is 0 Å². The molecular formula is C24H26N4OS2. The van der Waals surface area contributed by atoms with Crippen molar-refractivity contribution in [1.29, 1.82) is 0 Å². The minimum absolute atomic E-state index is 0.610. The van der Waals surface area contributed by atoms with Crippen molar-refractivity contribution in [2.75, 3.05) is 37.4 Å². The van der Waals surface area contributed by atoms with Crippen LogP contribution in [0.25, 0.3) is 20.7 Å². The first kappa shape index (κ1) is 20.5. The molecule has 0 radical (unpaired) electrons. The van der Waals surface area contributed by atoms with Crippen molar-refractivity contribution < 1.29 is 5.11 Å². The van der Waals surface area contributed by atoms with Gasteiger partial charge in [-0.3, -0.25) is 0 Å². The summed E-state index contributed by atoms with van der Waals surface area (Å²) in [6, 6.07) is 17.3. The molecule has 0 saturated carbocycles. The Bertz CT molecular complexity index is 1170. The van der Waals surface area contributed by atoms with Crippen molar-refractivity contribution in [3.05, 3.63) is 65.0 Å². The predicted octanol–water partition coefficient (Wildman–Crippen LogP) is 5.27. The summed E-state index contributed by atoms with van der Waals surface area (Å²) in [5.41, 5.74) is 3.89. The Labute approximate surface area is 190 Å². The lowest BCUT2D eigenvalue weighted by Gasteiger charge is -2.22. The lowest BCUT2D eigenvalue weighted by atomic mass is 10.2. The zero-order valence-corrected chi connectivity index (χ0v) is 19.3. The molecule has 4 aromatic rings. The molecule has 5 nitrogen and oxygen atoms in total. The number of hydrogen-bond acceptors (Lipinski definition) is 7. The van der Waals surface area contributed by atoms with E-state index >= 15 is 0 Å². The van der Waals surface area contributed by atoms with Crippen molar-refractivity contribution in [2.24, 2.45) is 0 Å². The molecule has 5 rings (SSSR count). The largest absolute Gasteiger partial charge is 0.370 e. The van der Waals surface area contributed by atoms with Crippen LogP contribution in [0.3, 0.4) is 0 Å². The summed E-state index contributed by atoms with van der Waals surface area (Å²) in [6.07, 6.45) is 0.350. The number of aromatic nitrogens is 1. The Balaban J connectivity index is 1.26. The molecular weight excluding hydrogens is 424 g/mol. The Kier molecular flexibility index (Phi) is 5.67. The predicted molar refractivity (Wildman–Crippen MR) is 132 cm³/mol. The standard InChI is InChI=1S/C24H26N4OS2/c1-27(2)18-11-12-28(13-18)17-9-7-16(8-10-17)25-23(29)21-15-31-24(26-21)20-14-30-22-6-4-3-5-19(20)22/h3-10,14-15,18,23,25,29H,11-13H2,1-2H3. The minimum atomic E-state index is -0.842. The number of rotatable bonds is 6. The molecule has 2 aromatic carbocycles. The first-order valence-electron chi connectivity index (χ1n) is 10.5. The Morgan fingerprint density at radius 3 is 2.68 bits per heavy atom. The van der Waals surface area contributed by atoms with Gasteiger partial charge in [0.2, 0.25) is 0 Å². The lowest BCUT2D eigenvalue weighted by Crippen LogP contribution is -2.31. The number of aliphatic hydroxyl groups is 1. The van der Waals surface area contributed by atoms with Gasteiger partial charge in [-0.15, -0.1) is 22.7 Å². The van der Waals surface area contributed by atoms with E-state index in [2.05, 4.69) is 71.0 Å². The second-order valence-corrected chi connectivity index (χ2v) is 9.94. The van der Waals surface area contributed by atoms with Crippen molar-refractivity contribution in [2.45, 2.75) is 18.7 Å². The number of nitrogens with one attached hydrogen (secondary N) is 1. The van der Waals surface area contributed by atoms with E-state index in [1.54, 1.807) is 22.7 Å². The van der Waals surface area contributed by atoms with Gasteiger partial charge < -0.3 is 20.2 Å². The van der Waals surface area contributed by atoms with E-state index in [4.69, 9.17) is 4.98 Å². The molecule has 3 heterocycles. The van der Waals surface area contributed by atoms with Crippen molar-refractivity contribution in [3.63, 3.8) is 0 Å². The van der Waals surface area contributed by atoms with Crippen molar-refractivity contribution in [1.82, 2.24) is 9.88 Å². The van der Waals surface area contributed by atoms with Gasteiger partial charge >= 0.3 is 0 Å². The van der Waals surface area contributed by atoms with Gasteiger partial charge in [0.1, 0.15) is 10.7 Å². The van der Waals surface area contributed by atoms with Crippen LogP contribution in [0.5, 0.6) is 0 Å². The summed E-state index contributed by atoms with van der Waals surface area (Å²) < 4.78 is 1.25. The highest BCUT2D eigenvalue weighted by molar-refractivity contribution is 7.18. The summed E-state index contributed by atoms with van der Waals surface area (Å²) in [5.74, 6) is 0. The van der Waals surface area contributed by atoms with E-state index in [1.165, 1.54) is 22.2 Å². The van der Waals surface area contributed by atoms with Crippen LogP contribution >= 0.6 is 22.7 Å². The van der Waals surface area contributed by atoms with E-state index in [1.807, 2.05) is 17.5 Å². The van der Waals surface area contributed by atoms with Gasteiger partial charge in [-0.25, -0.2) is 4.98 Å². The van der Waals surface area contributed by atoms with Gasteiger partial charge in [0.25, 0.3) is 0 Å². The molecule has 2 atom stereocenters. The fourth-order valence-electron chi connectivity index (χ4n) is 4.08. The topological polar surface area (TPSA) is 51.6 Å². The van der Waals surface area contributed by atoms with Crippen LogP contribution < -0.4 is 10.2 Å². The Morgan fingerprint density at radius 1 is 1.10 bits per heavy atom. The maximum atomic E-state index is 10.7. The van der Waals surface area contributed by atoms with Crippen LogP contribution in [0.1, 0.15) is 18.3 Å². The van der Waals surface area contributed by atoms with E-state index in [0.29, 0.717) is 11.7 Å².